The van der Waals surface area contributed by atoms with E-state index in [2.05, 4.69) is 27.8 Å². The highest BCUT2D eigenvalue weighted by molar-refractivity contribution is 7.98. The first-order valence-corrected chi connectivity index (χ1v) is 26.1. The molecule has 0 aliphatic rings. The number of esters is 1. The minimum absolute atomic E-state index is 0.0856. The number of phenols is 3. The van der Waals surface area contributed by atoms with Gasteiger partial charge in [-0.3, -0.25) is 9.59 Å². The minimum Gasteiger partial charge on any atom is -0.508 e. The molecule has 0 bridgehead atoms. The topological polar surface area (TPSA) is 187 Å². The Morgan fingerprint density at radius 1 is 0.716 bits per heavy atom. The van der Waals surface area contributed by atoms with E-state index in [1.807, 2.05) is 152 Å². The number of anilines is 1. The molecular formula is C59H67N7O7S. The number of aromatic nitrogens is 6. The van der Waals surface area contributed by atoms with Crippen LogP contribution in [-0.2, 0) is 26.1 Å². The number of tetrazole rings is 1. The zero-order chi connectivity index (χ0) is 53.0. The van der Waals surface area contributed by atoms with Crippen molar-refractivity contribution in [3.8, 4) is 40.3 Å². The third-order valence-electron chi connectivity index (χ3n) is 12.8. The Morgan fingerprint density at radius 3 is 2.01 bits per heavy atom. The minimum atomic E-state index is -0.455. The largest absolute Gasteiger partial charge is 0.508 e. The van der Waals surface area contributed by atoms with Crippen molar-refractivity contribution in [3.05, 3.63) is 161 Å². The van der Waals surface area contributed by atoms with Gasteiger partial charge in [-0.25, -0.2) is 4.68 Å². The number of aryl methyl sites for hydroxylation is 2. The lowest BCUT2D eigenvalue weighted by Crippen LogP contribution is -2.19. The van der Waals surface area contributed by atoms with E-state index >= 15 is 0 Å². The zero-order valence-electron chi connectivity index (χ0n) is 43.6. The summed E-state index contributed by atoms with van der Waals surface area (Å²) in [6, 6.07) is 39.1. The van der Waals surface area contributed by atoms with Crippen molar-refractivity contribution in [1.29, 1.82) is 0 Å². The molecule has 0 radical (unpaired) electrons. The third-order valence-corrected chi connectivity index (χ3v) is 13.8. The summed E-state index contributed by atoms with van der Waals surface area (Å²) in [5, 5.41) is 54.1. The van der Waals surface area contributed by atoms with Crippen LogP contribution in [-0.4, -0.2) is 63.8 Å². The van der Waals surface area contributed by atoms with Gasteiger partial charge in [0.2, 0.25) is 11.0 Å². The predicted octanol–water partition coefficient (Wildman–Crippen LogP) is 13.6. The lowest BCUT2D eigenvalue weighted by Gasteiger charge is -2.29. The first kappa shape index (κ1) is 54.1. The van der Waals surface area contributed by atoms with Gasteiger partial charge in [0.25, 0.3) is 5.91 Å². The van der Waals surface area contributed by atoms with Crippen LogP contribution in [0.1, 0.15) is 125 Å². The van der Waals surface area contributed by atoms with E-state index < -0.39 is 5.91 Å². The van der Waals surface area contributed by atoms with Crippen LogP contribution in [0.15, 0.2) is 133 Å². The number of benzene rings is 6. The molecule has 15 heteroatoms. The van der Waals surface area contributed by atoms with Gasteiger partial charge >= 0.3 is 5.97 Å². The molecule has 0 aliphatic carbocycles. The fourth-order valence-corrected chi connectivity index (χ4v) is 9.56. The summed E-state index contributed by atoms with van der Waals surface area (Å²) < 4.78 is 15.5. The number of carbonyl (C=O) groups is 2. The van der Waals surface area contributed by atoms with Crippen LogP contribution in [0.5, 0.6) is 28.9 Å². The number of hydrogen-bond donors (Lipinski definition) is 4. The summed E-state index contributed by atoms with van der Waals surface area (Å²) in [5.41, 5.74) is 5.72. The van der Waals surface area contributed by atoms with Gasteiger partial charge in [0.1, 0.15) is 23.0 Å². The van der Waals surface area contributed by atoms with Crippen molar-refractivity contribution < 1.29 is 34.4 Å². The molecule has 14 nitrogen and oxygen atoms in total. The van der Waals surface area contributed by atoms with Gasteiger partial charge in [-0.1, -0.05) is 151 Å². The Kier molecular flexibility index (Phi) is 17.8. The molecular weight excluding hydrogens is 951 g/mol. The maximum atomic E-state index is 13.6. The third kappa shape index (κ3) is 13.3. The zero-order valence-corrected chi connectivity index (χ0v) is 44.4. The maximum Gasteiger partial charge on any atom is 0.305 e. The summed E-state index contributed by atoms with van der Waals surface area (Å²) in [7, 11) is 0. The average molecular weight is 1020 g/mol. The number of fused-ring (bicyclic) bond motifs is 1. The smallest absolute Gasteiger partial charge is 0.305 e. The Bertz CT molecular complexity index is 3180. The average Bonchev–Trinajstić information content (AvgIpc) is 3.98. The normalized spacial score (nSPS) is 11.5. The van der Waals surface area contributed by atoms with Crippen LogP contribution in [0, 0.1) is 13.8 Å². The summed E-state index contributed by atoms with van der Waals surface area (Å²) in [5.74, 6) is 0.969. The number of amides is 1. The highest BCUT2D eigenvalue weighted by Gasteiger charge is 2.29. The van der Waals surface area contributed by atoms with Gasteiger partial charge in [0.05, 0.1) is 29.2 Å². The Hall–Kier alpha value is -7.65. The Labute approximate surface area is 437 Å². The SMILES string of the molecule is CCCCCCOC(=O)CCCC(C)(C)c1cc(O)c(C(C)(C)C)cc1O.Cc1ccccc1NC(=O)c1cc(Oc2c(CSc3nnnn3-c3ccccc3)c(C)nn2-c2ccccc2)c2ccccc2c1O. The first-order chi connectivity index (χ1) is 35.5. The fraction of sp³-hybridized carbons (Fsp3) is 0.322. The number of ether oxygens (including phenoxy) is 2. The quantitative estimate of drug-likeness (QED) is 0.0260. The number of para-hydroxylation sites is 3. The molecule has 4 N–H and O–H groups in total. The van der Waals surface area contributed by atoms with Crippen molar-refractivity contribution in [2.45, 2.75) is 122 Å². The highest BCUT2D eigenvalue weighted by atomic mass is 32.2. The van der Waals surface area contributed by atoms with Gasteiger partial charge in [-0.15, -0.1) is 5.10 Å². The molecule has 74 heavy (non-hydrogen) atoms. The number of nitrogens with one attached hydrogen (secondary N) is 1. The number of unbranched alkanes of at least 4 members (excludes halogenated alkanes) is 3. The molecule has 1 amide bonds. The molecule has 0 saturated carbocycles. The molecule has 8 rings (SSSR count). The number of rotatable bonds is 19. The van der Waals surface area contributed by atoms with Crippen molar-refractivity contribution in [2.75, 3.05) is 11.9 Å². The molecule has 0 atom stereocenters. The highest BCUT2D eigenvalue weighted by Crippen LogP contribution is 2.43. The van der Waals surface area contributed by atoms with E-state index in [4.69, 9.17) is 14.6 Å². The van der Waals surface area contributed by atoms with E-state index in [9.17, 15) is 24.9 Å². The van der Waals surface area contributed by atoms with E-state index in [0.717, 1.165) is 53.0 Å². The molecule has 8 aromatic rings. The van der Waals surface area contributed by atoms with Crippen molar-refractivity contribution in [1.82, 2.24) is 30.0 Å². The molecule has 6 aromatic carbocycles. The second kappa shape index (κ2) is 24.4. The van der Waals surface area contributed by atoms with E-state index in [1.165, 1.54) is 24.6 Å². The first-order valence-electron chi connectivity index (χ1n) is 25.1. The lowest BCUT2D eigenvalue weighted by molar-refractivity contribution is -0.143. The number of nitrogens with zero attached hydrogens (tertiary/aromatic N) is 6. The summed E-state index contributed by atoms with van der Waals surface area (Å²) >= 11 is 1.46. The van der Waals surface area contributed by atoms with E-state index in [-0.39, 0.29) is 39.6 Å². The van der Waals surface area contributed by atoms with Crippen LogP contribution in [0.25, 0.3) is 22.1 Å². The summed E-state index contributed by atoms with van der Waals surface area (Å²) in [6.07, 6.45) is 6.16. The number of thioether (sulfide) groups is 1. The standard InChI is InChI=1S/C36H29N7O3S.C23H38O4/c1-23-13-9-12-20-31(23)37-34(45)29-21-32(27-18-10-11-19-28(27)33(29)44)46-35-30(24(2)39-42(35)25-14-5-3-6-15-25)22-47-36-38-40-41-43(36)26-16-7-4-8-17-26;1-7-8-9-10-14-27-21(26)12-11-13-23(5,6)18-16-19(24)17(15-20(18)25)22(2,3)4/h3-21,44H,22H2,1-2H3,(H,37,45);15-16,24-25H,7-14H2,1-6H3. The number of hydrogen-bond acceptors (Lipinski definition) is 12. The molecule has 2 aromatic heterocycles. The van der Waals surface area contributed by atoms with E-state index in [1.54, 1.807) is 33.6 Å². The Morgan fingerprint density at radius 2 is 1.34 bits per heavy atom. The number of aromatic hydroxyl groups is 3. The summed E-state index contributed by atoms with van der Waals surface area (Å²) in [4.78, 5) is 25.5. The van der Waals surface area contributed by atoms with E-state index in [0.29, 0.717) is 64.0 Å². The molecule has 2 heterocycles. The molecule has 0 fully saturated rings. The maximum absolute atomic E-state index is 13.6. The monoisotopic (exact) mass is 1020 g/mol. The number of carbonyl (C=O) groups excluding carboxylic acids is 2. The van der Waals surface area contributed by atoms with Gasteiger partial charge in [0.15, 0.2) is 0 Å². The van der Waals surface area contributed by atoms with Crippen molar-refractivity contribution in [3.63, 3.8) is 0 Å². The van der Waals surface area contributed by atoms with Crippen LogP contribution >= 0.6 is 11.8 Å². The molecule has 386 valence electrons. The Balaban J connectivity index is 0.000000254. The van der Waals surface area contributed by atoms with Crippen LogP contribution in [0.2, 0.25) is 0 Å². The summed E-state index contributed by atoms with van der Waals surface area (Å²) in [6.45, 7) is 16.5. The number of phenolic OH excluding ortho intramolecular Hbond substituents is 3. The lowest BCUT2D eigenvalue weighted by atomic mass is 9.77. The molecule has 0 aliphatic heterocycles. The van der Waals surface area contributed by atoms with Crippen LogP contribution in [0.3, 0.4) is 0 Å². The second-order valence-electron chi connectivity index (χ2n) is 20.0. The molecule has 0 spiro atoms. The van der Waals surface area contributed by atoms with Crippen molar-refractivity contribution >= 4 is 40.1 Å². The van der Waals surface area contributed by atoms with Gasteiger partial charge < -0.3 is 30.1 Å². The van der Waals surface area contributed by atoms with Gasteiger partial charge in [-0.2, -0.15) is 9.78 Å². The van der Waals surface area contributed by atoms with Crippen molar-refractivity contribution in [2.24, 2.45) is 0 Å². The molecule has 0 unspecified atom stereocenters. The van der Waals surface area contributed by atoms with Gasteiger partial charge in [-0.05, 0) is 108 Å². The fourth-order valence-electron chi connectivity index (χ4n) is 8.60. The van der Waals surface area contributed by atoms with Gasteiger partial charge in [0, 0.05) is 45.3 Å². The second-order valence-corrected chi connectivity index (χ2v) is 20.9. The predicted molar refractivity (Wildman–Crippen MR) is 292 cm³/mol. The van der Waals surface area contributed by atoms with Crippen LogP contribution < -0.4 is 10.1 Å². The molecule has 0 saturated heterocycles. The van der Waals surface area contributed by atoms with Crippen LogP contribution in [0.4, 0.5) is 5.69 Å².